The number of hydrogen-bond acceptors (Lipinski definition) is 4. The number of nitrogens with zero attached hydrogens (tertiary/aromatic N) is 4. The Hall–Kier alpha value is -3.13. The topological polar surface area (TPSA) is 71.6 Å². The summed E-state index contributed by atoms with van der Waals surface area (Å²) < 4.78 is 3.93. The summed E-state index contributed by atoms with van der Waals surface area (Å²) in [6.45, 7) is 16.5. The molecule has 3 aromatic heterocycles. The van der Waals surface area contributed by atoms with Gasteiger partial charge < -0.3 is 14.8 Å². The molecule has 35 heavy (non-hydrogen) atoms. The van der Waals surface area contributed by atoms with Gasteiger partial charge in [-0.1, -0.05) is 38.2 Å². The van der Waals surface area contributed by atoms with Crippen LogP contribution in [0.2, 0.25) is 0 Å². The molecule has 8 heteroatoms. The van der Waals surface area contributed by atoms with Crippen molar-refractivity contribution in [1.82, 2.24) is 24.2 Å². The number of aromatic nitrogens is 3. The summed E-state index contributed by atoms with van der Waals surface area (Å²) in [6.07, 6.45) is 9.88. The van der Waals surface area contributed by atoms with Crippen molar-refractivity contribution in [2.75, 3.05) is 13.6 Å². The molecule has 0 aromatic carbocycles. The van der Waals surface area contributed by atoms with E-state index in [2.05, 4.69) is 41.3 Å². The van der Waals surface area contributed by atoms with Crippen LogP contribution in [0, 0.1) is 20.8 Å². The van der Waals surface area contributed by atoms with Crippen LogP contribution in [-0.2, 0) is 11.8 Å². The second kappa shape index (κ2) is 15.0. The number of carbonyl (C=O) groups is 2. The Labute approximate surface area is 214 Å². The minimum Gasteiger partial charge on any atom is -0.351 e. The van der Waals surface area contributed by atoms with Crippen molar-refractivity contribution in [3.63, 3.8) is 0 Å². The first kappa shape index (κ1) is 29.9. The number of thiazole rings is 1. The Balaban J connectivity index is 0.000000389. The van der Waals surface area contributed by atoms with E-state index >= 15 is 0 Å². The van der Waals surface area contributed by atoms with Crippen molar-refractivity contribution in [2.24, 2.45) is 7.05 Å². The van der Waals surface area contributed by atoms with E-state index in [0.29, 0.717) is 18.7 Å². The van der Waals surface area contributed by atoms with Crippen molar-refractivity contribution >= 4 is 28.6 Å². The summed E-state index contributed by atoms with van der Waals surface area (Å²) in [5.41, 5.74) is 4.19. The van der Waals surface area contributed by atoms with Gasteiger partial charge in [0.2, 0.25) is 6.41 Å². The Morgan fingerprint density at radius 1 is 1.31 bits per heavy atom. The van der Waals surface area contributed by atoms with E-state index in [0.717, 1.165) is 29.1 Å². The van der Waals surface area contributed by atoms with Crippen LogP contribution in [0.15, 0.2) is 48.8 Å². The number of fused-ring (bicyclic) bond motifs is 1. The summed E-state index contributed by atoms with van der Waals surface area (Å²) in [7, 11) is 3.60. The average Bonchev–Trinajstić information content (AvgIpc) is 3.50. The van der Waals surface area contributed by atoms with Crippen molar-refractivity contribution in [2.45, 2.75) is 60.4 Å². The van der Waals surface area contributed by atoms with Gasteiger partial charge in [0.25, 0.3) is 5.91 Å². The lowest BCUT2D eigenvalue weighted by molar-refractivity contribution is -0.118. The first-order valence-corrected chi connectivity index (χ1v) is 12.8. The Kier molecular flexibility index (Phi) is 12.8. The highest BCUT2D eigenvalue weighted by molar-refractivity contribution is 7.17. The van der Waals surface area contributed by atoms with Gasteiger partial charge >= 0.3 is 0 Å². The molecular weight excluding hydrogens is 458 g/mol. The molecule has 0 saturated heterocycles. The fourth-order valence-corrected chi connectivity index (χ4v) is 4.48. The fourth-order valence-electron chi connectivity index (χ4n) is 3.48. The zero-order chi connectivity index (χ0) is 26.5. The molecule has 0 fully saturated rings. The van der Waals surface area contributed by atoms with Gasteiger partial charge in [0, 0.05) is 49.6 Å². The van der Waals surface area contributed by atoms with E-state index in [9.17, 15) is 9.59 Å². The fraction of sp³-hybridized carbons (Fsp3) is 0.444. The number of amides is 2. The number of nitrogens with one attached hydrogen (secondary N) is 1. The smallest absolute Gasteiger partial charge is 0.267 e. The van der Waals surface area contributed by atoms with Gasteiger partial charge in [-0.15, -0.1) is 11.3 Å². The lowest BCUT2D eigenvalue weighted by Gasteiger charge is -2.25. The van der Waals surface area contributed by atoms with Gasteiger partial charge in [0.15, 0.2) is 4.96 Å². The van der Waals surface area contributed by atoms with Crippen LogP contribution in [0.3, 0.4) is 0 Å². The first-order chi connectivity index (χ1) is 16.7. The molecule has 0 aliphatic carbocycles. The third-order valence-electron chi connectivity index (χ3n) is 5.55. The molecule has 3 rings (SSSR count). The Morgan fingerprint density at radius 3 is 2.54 bits per heavy atom. The highest BCUT2D eigenvalue weighted by atomic mass is 32.1. The SMILES string of the molecule is C=C/C=C(\C)C[C@@H](CCNC(=O)c1cccn1C)N(C)C=O.CC.Cc1cn2c(C)c(C)sc2n1. The number of imidazole rings is 1. The summed E-state index contributed by atoms with van der Waals surface area (Å²) >= 11 is 1.75. The maximum atomic E-state index is 12.0. The number of aryl methyl sites for hydroxylation is 4. The monoisotopic (exact) mass is 499 g/mol. The molecule has 0 unspecified atom stereocenters. The Morgan fingerprint density at radius 2 is 2.00 bits per heavy atom. The van der Waals surface area contributed by atoms with Crippen LogP contribution in [0.5, 0.6) is 0 Å². The van der Waals surface area contributed by atoms with Crippen LogP contribution in [-0.4, -0.2) is 50.8 Å². The average molecular weight is 500 g/mol. The van der Waals surface area contributed by atoms with E-state index < -0.39 is 0 Å². The normalized spacial score (nSPS) is 11.6. The predicted molar refractivity (Wildman–Crippen MR) is 147 cm³/mol. The van der Waals surface area contributed by atoms with Crippen molar-refractivity contribution in [3.8, 4) is 0 Å². The third kappa shape index (κ3) is 8.87. The van der Waals surface area contributed by atoms with Crippen molar-refractivity contribution in [3.05, 3.63) is 70.8 Å². The number of hydrogen-bond donors (Lipinski definition) is 1. The molecule has 0 saturated carbocycles. The van der Waals surface area contributed by atoms with Crippen LogP contribution in [0.4, 0.5) is 0 Å². The minimum atomic E-state index is -0.0987. The standard InChI is InChI=1S/C17H25N3O2.C8H10N2S.C2H6/c1-5-7-14(2)12-15(20(4)13-21)9-10-18-17(22)16-8-6-11-19(16)3;1-5-4-10-6(2)7(3)11-8(10)9-5;1-2/h5-8,11,13,15H,1,9-10,12H2,2-4H3,(H,18,22);4H,1-3H3;1-2H3/b14-7+;;/t15-;;/m1../s1. The van der Waals surface area contributed by atoms with E-state index in [1.165, 1.54) is 10.6 Å². The number of rotatable bonds is 9. The molecule has 1 N–H and O–H groups in total. The minimum absolute atomic E-state index is 0.0578. The van der Waals surface area contributed by atoms with E-state index in [-0.39, 0.29) is 11.9 Å². The number of carbonyl (C=O) groups excluding carboxylic acids is 2. The van der Waals surface area contributed by atoms with Gasteiger partial charge in [0.05, 0.1) is 5.69 Å². The Bertz CT molecular complexity index is 1120. The zero-order valence-corrected chi connectivity index (χ0v) is 23.3. The molecule has 0 bridgehead atoms. The molecule has 3 aromatic rings. The molecule has 0 aliphatic rings. The maximum Gasteiger partial charge on any atom is 0.267 e. The molecule has 7 nitrogen and oxygen atoms in total. The molecule has 0 spiro atoms. The zero-order valence-electron chi connectivity index (χ0n) is 22.5. The predicted octanol–water partition coefficient (Wildman–Crippen LogP) is 5.47. The van der Waals surface area contributed by atoms with Gasteiger partial charge in [0.1, 0.15) is 5.69 Å². The van der Waals surface area contributed by atoms with Gasteiger partial charge in [-0.3, -0.25) is 14.0 Å². The summed E-state index contributed by atoms with van der Waals surface area (Å²) in [5.74, 6) is -0.0987. The van der Waals surface area contributed by atoms with Gasteiger partial charge in [-0.05, 0) is 52.7 Å². The number of allylic oxidation sites excluding steroid dienone is 2. The largest absolute Gasteiger partial charge is 0.351 e. The molecule has 3 heterocycles. The lowest BCUT2D eigenvalue weighted by Crippen LogP contribution is -2.35. The van der Waals surface area contributed by atoms with Crippen LogP contribution in [0.1, 0.15) is 60.4 Å². The van der Waals surface area contributed by atoms with Crippen molar-refractivity contribution in [1.29, 1.82) is 0 Å². The molecule has 192 valence electrons. The van der Waals surface area contributed by atoms with Gasteiger partial charge in [-0.2, -0.15) is 0 Å². The van der Waals surface area contributed by atoms with Crippen molar-refractivity contribution < 1.29 is 9.59 Å². The second-order valence-electron chi connectivity index (χ2n) is 8.20. The molecule has 2 amide bonds. The van der Waals surface area contributed by atoms with Crippen LogP contribution in [0.25, 0.3) is 4.96 Å². The second-order valence-corrected chi connectivity index (χ2v) is 9.39. The quantitative estimate of drug-likeness (QED) is 0.313. The third-order valence-corrected chi connectivity index (χ3v) is 6.62. The lowest BCUT2D eigenvalue weighted by atomic mass is 10.0. The van der Waals surface area contributed by atoms with Crippen LogP contribution >= 0.6 is 11.3 Å². The summed E-state index contributed by atoms with van der Waals surface area (Å²) in [6, 6.07) is 3.67. The summed E-state index contributed by atoms with van der Waals surface area (Å²) in [5, 5.41) is 2.90. The first-order valence-electron chi connectivity index (χ1n) is 11.9. The van der Waals surface area contributed by atoms with Gasteiger partial charge in [-0.25, -0.2) is 4.98 Å². The molecular formula is C27H41N5O2S. The molecule has 1 atom stereocenters. The maximum absolute atomic E-state index is 12.0. The summed E-state index contributed by atoms with van der Waals surface area (Å²) in [4.78, 5) is 31.5. The van der Waals surface area contributed by atoms with Crippen LogP contribution < -0.4 is 5.32 Å². The van der Waals surface area contributed by atoms with E-state index in [1.54, 1.807) is 40.0 Å². The highest BCUT2D eigenvalue weighted by Gasteiger charge is 2.15. The van der Waals surface area contributed by atoms with E-state index in [1.807, 2.05) is 53.1 Å². The van der Waals surface area contributed by atoms with E-state index in [4.69, 9.17) is 0 Å². The molecule has 0 aliphatic heterocycles. The highest BCUT2D eigenvalue weighted by Crippen LogP contribution is 2.21. The molecule has 0 radical (unpaired) electrons.